The van der Waals surface area contributed by atoms with Crippen molar-refractivity contribution < 1.29 is 18.3 Å². The van der Waals surface area contributed by atoms with E-state index >= 15 is 0 Å². The molecule has 0 bridgehead atoms. The molecular weight excluding hydrogens is 302 g/mol. The first-order valence-electron chi connectivity index (χ1n) is 7.11. The largest absolute Gasteiger partial charge is 0.434 e. The zero-order chi connectivity index (χ0) is 16.8. The lowest BCUT2D eigenvalue weighted by atomic mass is 10.1. The highest BCUT2D eigenvalue weighted by atomic mass is 19.3. The van der Waals surface area contributed by atoms with Crippen molar-refractivity contribution in [1.29, 1.82) is 0 Å². The van der Waals surface area contributed by atoms with Gasteiger partial charge in [-0.05, 0) is 30.7 Å². The molecule has 0 fully saturated rings. The van der Waals surface area contributed by atoms with Crippen molar-refractivity contribution in [2.45, 2.75) is 26.6 Å². The Morgan fingerprint density at radius 1 is 1.26 bits per heavy atom. The van der Waals surface area contributed by atoms with Gasteiger partial charge in [-0.2, -0.15) is 8.78 Å². The Labute approximate surface area is 133 Å². The average Bonchev–Trinajstić information content (AvgIpc) is 2.54. The van der Waals surface area contributed by atoms with E-state index in [0.29, 0.717) is 17.7 Å². The zero-order valence-electron chi connectivity index (χ0n) is 12.7. The fourth-order valence-electron chi connectivity index (χ4n) is 2.17. The van der Waals surface area contributed by atoms with E-state index in [-0.39, 0.29) is 18.2 Å². The van der Waals surface area contributed by atoms with Crippen molar-refractivity contribution in [3.8, 4) is 5.75 Å². The van der Waals surface area contributed by atoms with Crippen LogP contribution in [0.2, 0.25) is 0 Å². The number of rotatable bonds is 6. The second kappa shape index (κ2) is 7.69. The van der Waals surface area contributed by atoms with Gasteiger partial charge in [-0.1, -0.05) is 29.8 Å². The number of benzene rings is 2. The number of nitrogens with two attached hydrogens (primary N) is 1. The standard InChI is InChI=1S/C17H18F2N2O2/c1-11-5-6-15(23-17(18)19)14(7-11)10-21-16(22)13-4-2-3-12(8-13)9-20/h2-8,17H,9-10,20H2,1H3,(H,21,22). The van der Waals surface area contributed by atoms with Crippen LogP contribution in [0.4, 0.5) is 8.78 Å². The van der Waals surface area contributed by atoms with Gasteiger partial charge in [0.15, 0.2) is 0 Å². The second-order valence-corrected chi connectivity index (χ2v) is 5.08. The lowest BCUT2D eigenvalue weighted by Crippen LogP contribution is -2.23. The minimum absolute atomic E-state index is 0.0570. The maximum Gasteiger partial charge on any atom is 0.387 e. The first kappa shape index (κ1) is 16.9. The van der Waals surface area contributed by atoms with E-state index in [1.165, 1.54) is 6.07 Å². The summed E-state index contributed by atoms with van der Waals surface area (Å²) >= 11 is 0. The van der Waals surface area contributed by atoms with Crippen molar-refractivity contribution in [1.82, 2.24) is 5.32 Å². The van der Waals surface area contributed by atoms with Crippen molar-refractivity contribution in [2.24, 2.45) is 5.73 Å². The van der Waals surface area contributed by atoms with Crippen LogP contribution in [-0.2, 0) is 13.1 Å². The van der Waals surface area contributed by atoms with E-state index in [9.17, 15) is 13.6 Å². The summed E-state index contributed by atoms with van der Waals surface area (Å²) in [5, 5.41) is 2.70. The number of ether oxygens (including phenoxy) is 1. The van der Waals surface area contributed by atoms with E-state index in [1.54, 1.807) is 30.3 Å². The maximum atomic E-state index is 12.4. The second-order valence-electron chi connectivity index (χ2n) is 5.08. The van der Waals surface area contributed by atoms with Crippen LogP contribution in [0.1, 0.15) is 27.0 Å². The lowest BCUT2D eigenvalue weighted by molar-refractivity contribution is -0.0504. The van der Waals surface area contributed by atoms with Gasteiger partial charge in [0.25, 0.3) is 5.91 Å². The van der Waals surface area contributed by atoms with Crippen molar-refractivity contribution in [2.75, 3.05) is 0 Å². The number of hydrogen-bond donors (Lipinski definition) is 2. The highest BCUT2D eigenvalue weighted by Gasteiger charge is 2.12. The van der Waals surface area contributed by atoms with Crippen LogP contribution in [0.3, 0.4) is 0 Å². The molecule has 23 heavy (non-hydrogen) atoms. The molecule has 0 aliphatic heterocycles. The van der Waals surface area contributed by atoms with Gasteiger partial charge in [-0.3, -0.25) is 4.79 Å². The summed E-state index contributed by atoms with van der Waals surface area (Å²) < 4.78 is 29.3. The van der Waals surface area contributed by atoms with E-state index in [0.717, 1.165) is 11.1 Å². The van der Waals surface area contributed by atoms with Gasteiger partial charge in [0.2, 0.25) is 0 Å². The van der Waals surface area contributed by atoms with E-state index in [1.807, 2.05) is 13.0 Å². The third-order valence-corrected chi connectivity index (χ3v) is 3.30. The smallest absolute Gasteiger partial charge is 0.387 e. The van der Waals surface area contributed by atoms with Gasteiger partial charge in [0.05, 0.1) is 0 Å². The van der Waals surface area contributed by atoms with Gasteiger partial charge in [0, 0.05) is 24.2 Å². The lowest BCUT2D eigenvalue weighted by Gasteiger charge is -2.12. The minimum atomic E-state index is -2.91. The summed E-state index contributed by atoms with van der Waals surface area (Å²) in [6.07, 6.45) is 0. The van der Waals surface area contributed by atoms with Gasteiger partial charge in [0.1, 0.15) is 5.75 Å². The molecule has 0 unspecified atom stereocenters. The van der Waals surface area contributed by atoms with Crippen LogP contribution < -0.4 is 15.8 Å². The molecule has 0 aromatic heterocycles. The quantitative estimate of drug-likeness (QED) is 0.860. The number of carbonyl (C=O) groups excluding carboxylic acids is 1. The molecule has 122 valence electrons. The normalized spacial score (nSPS) is 10.7. The maximum absolute atomic E-state index is 12.4. The van der Waals surface area contributed by atoms with E-state index < -0.39 is 6.61 Å². The van der Waals surface area contributed by atoms with Crippen LogP contribution >= 0.6 is 0 Å². The summed E-state index contributed by atoms with van der Waals surface area (Å²) in [6.45, 7) is -0.642. The molecule has 2 aromatic rings. The van der Waals surface area contributed by atoms with Gasteiger partial charge >= 0.3 is 6.61 Å². The van der Waals surface area contributed by atoms with Gasteiger partial charge in [-0.25, -0.2) is 0 Å². The average molecular weight is 320 g/mol. The van der Waals surface area contributed by atoms with Crippen LogP contribution in [0.15, 0.2) is 42.5 Å². The van der Waals surface area contributed by atoms with Crippen molar-refractivity contribution >= 4 is 5.91 Å². The molecule has 0 spiro atoms. The van der Waals surface area contributed by atoms with Crippen LogP contribution in [0.5, 0.6) is 5.75 Å². The predicted molar refractivity (Wildman–Crippen MR) is 83.3 cm³/mol. The number of halogens is 2. The molecule has 0 atom stereocenters. The molecule has 0 saturated heterocycles. The van der Waals surface area contributed by atoms with Gasteiger partial charge in [-0.15, -0.1) is 0 Å². The molecule has 6 heteroatoms. The Morgan fingerprint density at radius 3 is 2.74 bits per heavy atom. The molecular formula is C17H18F2N2O2. The monoisotopic (exact) mass is 320 g/mol. The highest BCUT2D eigenvalue weighted by Crippen LogP contribution is 2.22. The topological polar surface area (TPSA) is 64.3 Å². The summed E-state index contributed by atoms with van der Waals surface area (Å²) in [4.78, 5) is 12.2. The zero-order valence-corrected chi connectivity index (χ0v) is 12.7. The summed E-state index contributed by atoms with van der Waals surface area (Å²) in [5.41, 5.74) is 8.24. The Morgan fingerprint density at radius 2 is 2.04 bits per heavy atom. The van der Waals surface area contributed by atoms with Crippen LogP contribution in [0.25, 0.3) is 0 Å². The van der Waals surface area contributed by atoms with Crippen LogP contribution in [-0.4, -0.2) is 12.5 Å². The minimum Gasteiger partial charge on any atom is -0.434 e. The Hall–Kier alpha value is -2.47. The number of hydrogen-bond acceptors (Lipinski definition) is 3. The van der Waals surface area contributed by atoms with E-state index in [4.69, 9.17) is 5.73 Å². The summed E-state index contributed by atoms with van der Waals surface area (Å²) in [5.74, 6) is -0.244. The molecule has 1 amide bonds. The fourth-order valence-corrected chi connectivity index (χ4v) is 2.17. The van der Waals surface area contributed by atoms with E-state index in [2.05, 4.69) is 10.1 Å². The number of nitrogens with one attached hydrogen (secondary N) is 1. The Bertz CT molecular complexity index is 690. The number of alkyl halides is 2. The molecule has 0 aliphatic carbocycles. The molecule has 2 rings (SSSR count). The molecule has 3 N–H and O–H groups in total. The first-order valence-corrected chi connectivity index (χ1v) is 7.11. The third-order valence-electron chi connectivity index (χ3n) is 3.30. The molecule has 0 aliphatic rings. The number of aryl methyl sites for hydroxylation is 1. The summed E-state index contributed by atoms with van der Waals surface area (Å²) in [7, 11) is 0. The molecule has 0 heterocycles. The molecule has 2 aromatic carbocycles. The Balaban J connectivity index is 2.10. The summed E-state index contributed by atoms with van der Waals surface area (Å²) in [6, 6.07) is 11.8. The number of amides is 1. The Kier molecular flexibility index (Phi) is 5.65. The van der Waals surface area contributed by atoms with Crippen molar-refractivity contribution in [3.05, 3.63) is 64.7 Å². The molecule has 0 saturated carbocycles. The van der Waals surface area contributed by atoms with Crippen LogP contribution in [0, 0.1) is 6.92 Å². The third kappa shape index (κ3) is 4.75. The SMILES string of the molecule is Cc1ccc(OC(F)F)c(CNC(=O)c2cccc(CN)c2)c1. The first-order chi connectivity index (χ1) is 11.0. The number of carbonyl (C=O) groups is 1. The molecule has 0 radical (unpaired) electrons. The molecule has 4 nitrogen and oxygen atoms in total. The predicted octanol–water partition coefficient (Wildman–Crippen LogP) is 2.99. The highest BCUT2D eigenvalue weighted by molar-refractivity contribution is 5.94. The van der Waals surface area contributed by atoms with Gasteiger partial charge < -0.3 is 15.8 Å². The fraction of sp³-hybridized carbons (Fsp3) is 0.235. The van der Waals surface area contributed by atoms with Crippen molar-refractivity contribution in [3.63, 3.8) is 0 Å².